The van der Waals surface area contributed by atoms with Crippen molar-refractivity contribution >= 4 is 10.0 Å². The molecule has 0 aliphatic heterocycles. The Labute approximate surface area is 103 Å². The summed E-state index contributed by atoms with van der Waals surface area (Å²) in [5.41, 5.74) is 0. The minimum atomic E-state index is -3.24. The van der Waals surface area contributed by atoms with Crippen molar-refractivity contribution in [3.05, 3.63) is 24.2 Å². The Morgan fingerprint density at radius 3 is 2.82 bits per heavy atom. The second kappa shape index (κ2) is 6.78. The third-order valence-electron chi connectivity index (χ3n) is 2.47. The summed E-state index contributed by atoms with van der Waals surface area (Å²) < 4.78 is 31.3. The first-order chi connectivity index (χ1) is 8.06. The fourth-order valence-corrected chi connectivity index (χ4v) is 2.38. The lowest BCUT2D eigenvalue weighted by atomic mass is 10.3. The van der Waals surface area contributed by atoms with Crippen molar-refractivity contribution in [2.75, 3.05) is 19.6 Å². The van der Waals surface area contributed by atoms with E-state index < -0.39 is 15.3 Å². The van der Waals surface area contributed by atoms with Gasteiger partial charge in [0, 0.05) is 19.5 Å². The van der Waals surface area contributed by atoms with Gasteiger partial charge in [-0.3, -0.25) is 0 Å². The zero-order valence-electron chi connectivity index (χ0n) is 10.3. The average Bonchev–Trinajstić information content (AvgIpc) is 2.78. The standard InChI is InChI=1S/C11H20N2O3S/c1-3-12-9-10(2)17(14,15)13-7-6-11-5-4-8-16-11/h4-5,8,10,12-13H,3,6-7,9H2,1-2H3. The molecular formula is C11H20N2O3S. The first-order valence-corrected chi connectivity index (χ1v) is 7.32. The normalized spacial score (nSPS) is 13.8. The van der Waals surface area contributed by atoms with Crippen LogP contribution in [0.5, 0.6) is 0 Å². The van der Waals surface area contributed by atoms with Crippen LogP contribution in [0.25, 0.3) is 0 Å². The molecule has 1 aromatic heterocycles. The number of sulfonamides is 1. The quantitative estimate of drug-likeness (QED) is 0.723. The third kappa shape index (κ3) is 4.89. The molecule has 1 atom stereocenters. The molecule has 0 bridgehead atoms. The van der Waals surface area contributed by atoms with Crippen LogP contribution in [0, 0.1) is 0 Å². The summed E-state index contributed by atoms with van der Waals surface area (Å²) in [7, 11) is -3.24. The Bertz CT molecular complexity index is 400. The Morgan fingerprint density at radius 2 is 2.24 bits per heavy atom. The van der Waals surface area contributed by atoms with Crippen LogP contribution in [0.1, 0.15) is 19.6 Å². The molecule has 0 aliphatic rings. The molecule has 0 amide bonds. The van der Waals surface area contributed by atoms with E-state index >= 15 is 0 Å². The van der Waals surface area contributed by atoms with Gasteiger partial charge in [0.1, 0.15) is 5.76 Å². The summed E-state index contributed by atoms with van der Waals surface area (Å²) in [6, 6.07) is 3.62. The average molecular weight is 260 g/mol. The number of hydrogen-bond donors (Lipinski definition) is 2. The van der Waals surface area contributed by atoms with E-state index in [-0.39, 0.29) is 0 Å². The van der Waals surface area contributed by atoms with Gasteiger partial charge in [0.25, 0.3) is 0 Å². The van der Waals surface area contributed by atoms with Crippen LogP contribution in [0.15, 0.2) is 22.8 Å². The van der Waals surface area contributed by atoms with E-state index in [1.807, 2.05) is 13.0 Å². The van der Waals surface area contributed by atoms with Crippen LogP contribution < -0.4 is 10.0 Å². The van der Waals surface area contributed by atoms with Crippen LogP contribution in [-0.2, 0) is 16.4 Å². The van der Waals surface area contributed by atoms with Crippen molar-refractivity contribution in [1.82, 2.24) is 10.0 Å². The molecule has 0 saturated heterocycles. The minimum absolute atomic E-state index is 0.367. The van der Waals surface area contributed by atoms with Crippen molar-refractivity contribution in [2.45, 2.75) is 25.5 Å². The van der Waals surface area contributed by atoms with Gasteiger partial charge in [-0.2, -0.15) is 0 Å². The van der Waals surface area contributed by atoms with E-state index in [1.165, 1.54) is 0 Å². The molecule has 1 heterocycles. The fraction of sp³-hybridized carbons (Fsp3) is 0.636. The zero-order chi connectivity index (χ0) is 12.7. The highest BCUT2D eigenvalue weighted by atomic mass is 32.2. The van der Waals surface area contributed by atoms with E-state index in [0.29, 0.717) is 19.5 Å². The van der Waals surface area contributed by atoms with Crippen molar-refractivity contribution < 1.29 is 12.8 Å². The minimum Gasteiger partial charge on any atom is -0.469 e. The largest absolute Gasteiger partial charge is 0.469 e. The van der Waals surface area contributed by atoms with Crippen LogP contribution in [0.4, 0.5) is 0 Å². The summed E-state index contributed by atoms with van der Waals surface area (Å²) in [6.45, 7) is 5.24. The predicted octanol–water partition coefficient (Wildman–Crippen LogP) is 0.740. The van der Waals surface area contributed by atoms with Crippen LogP contribution in [-0.4, -0.2) is 33.3 Å². The highest BCUT2D eigenvalue weighted by molar-refractivity contribution is 7.90. The molecule has 1 aromatic rings. The molecule has 0 spiro atoms. The molecule has 0 aromatic carbocycles. The van der Waals surface area contributed by atoms with Crippen molar-refractivity contribution in [1.29, 1.82) is 0 Å². The number of nitrogens with one attached hydrogen (secondary N) is 2. The molecule has 0 aliphatic carbocycles. The van der Waals surface area contributed by atoms with Crippen molar-refractivity contribution in [2.24, 2.45) is 0 Å². The summed E-state index contributed by atoms with van der Waals surface area (Å²) in [4.78, 5) is 0. The lowest BCUT2D eigenvalue weighted by molar-refractivity contribution is 0.504. The van der Waals surface area contributed by atoms with Gasteiger partial charge in [-0.25, -0.2) is 13.1 Å². The Balaban J connectivity index is 2.33. The van der Waals surface area contributed by atoms with E-state index in [4.69, 9.17) is 4.42 Å². The second-order valence-corrected chi connectivity index (χ2v) is 6.07. The van der Waals surface area contributed by atoms with Gasteiger partial charge in [-0.1, -0.05) is 6.92 Å². The van der Waals surface area contributed by atoms with Crippen molar-refractivity contribution in [3.63, 3.8) is 0 Å². The van der Waals surface area contributed by atoms with E-state index in [1.54, 1.807) is 19.3 Å². The lowest BCUT2D eigenvalue weighted by Gasteiger charge is -2.13. The fourth-order valence-electron chi connectivity index (χ4n) is 1.37. The first kappa shape index (κ1) is 14.2. The summed E-state index contributed by atoms with van der Waals surface area (Å²) >= 11 is 0. The maximum Gasteiger partial charge on any atom is 0.215 e. The van der Waals surface area contributed by atoms with Gasteiger partial charge in [-0.15, -0.1) is 0 Å². The van der Waals surface area contributed by atoms with Crippen molar-refractivity contribution in [3.8, 4) is 0 Å². The lowest BCUT2D eigenvalue weighted by Crippen LogP contribution is -2.39. The molecule has 0 fully saturated rings. The highest BCUT2D eigenvalue weighted by Crippen LogP contribution is 2.01. The molecule has 17 heavy (non-hydrogen) atoms. The van der Waals surface area contributed by atoms with Crippen LogP contribution >= 0.6 is 0 Å². The Kier molecular flexibility index (Phi) is 5.67. The smallest absolute Gasteiger partial charge is 0.215 e. The van der Waals surface area contributed by atoms with Gasteiger partial charge < -0.3 is 9.73 Å². The third-order valence-corrected chi connectivity index (χ3v) is 4.30. The first-order valence-electron chi connectivity index (χ1n) is 5.78. The Hall–Kier alpha value is -0.850. The van der Waals surface area contributed by atoms with Gasteiger partial charge >= 0.3 is 0 Å². The van der Waals surface area contributed by atoms with Gasteiger partial charge in [-0.05, 0) is 25.6 Å². The molecule has 6 heteroatoms. The zero-order valence-corrected chi connectivity index (χ0v) is 11.1. The molecular weight excluding hydrogens is 240 g/mol. The number of rotatable bonds is 8. The summed E-state index contributed by atoms with van der Waals surface area (Å²) in [5.74, 6) is 0.784. The van der Waals surface area contributed by atoms with E-state index in [9.17, 15) is 8.42 Å². The molecule has 0 radical (unpaired) electrons. The van der Waals surface area contributed by atoms with Gasteiger partial charge in [0.15, 0.2) is 0 Å². The molecule has 2 N–H and O–H groups in total. The van der Waals surface area contributed by atoms with Gasteiger partial charge in [0.2, 0.25) is 10.0 Å². The molecule has 98 valence electrons. The molecule has 1 rings (SSSR count). The summed E-state index contributed by atoms with van der Waals surface area (Å²) in [6.07, 6.45) is 2.15. The number of furan rings is 1. The predicted molar refractivity (Wildman–Crippen MR) is 67.3 cm³/mol. The van der Waals surface area contributed by atoms with Crippen LogP contribution in [0.3, 0.4) is 0 Å². The molecule has 5 nitrogen and oxygen atoms in total. The second-order valence-electron chi connectivity index (χ2n) is 3.89. The Morgan fingerprint density at radius 1 is 1.47 bits per heavy atom. The maximum atomic E-state index is 11.8. The highest BCUT2D eigenvalue weighted by Gasteiger charge is 2.19. The number of hydrogen-bond acceptors (Lipinski definition) is 4. The monoisotopic (exact) mass is 260 g/mol. The molecule has 0 saturated carbocycles. The van der Waals surface area contributed by atoms with Gasteiger partial charge in [0.05, 0.1) is 11.5 Å². The molecule has 1 unspecified atom stereocenters. The SMILES string of the molecule is CCNCC(C)S(=O)(=O)NCCc1ccco1. The maximum absolute atomic E-state index is 11.8. The van der Waals surface area contributed by atoms with E-state index in [2.05, 4.69) is 10.0 Å². The van der Waals surface area contributed by atoms with Crippen LogP contribution in [0.2, 0.25) is 0 Å². The summed E-state index contributed by atoms with van der Waals surface area (Å²) in [5, 5.41) is 2.59. The topological polar surface area (TPSA) is 71.3 Å². The van der Waals surface area contributed by atoms with E-state index in [0.717, 1.165) is 12.3 Å².